The smallest absolute Gasteiger partial charge is 0.329 e. The average Bonchev–Trinajstić information content (AvgIpc) is 2.95. The van der Waals surface area contributed by atoms with Gasteiger partial charge in [0.1, 0.15) is 18.8 Å². The lowest BCUT2D eigenvalue weighted by Gasteiger charge is -2.13. The maximum Gasteiger partial charge on any atom is 0.329 e. The minimum atomic E-state index is -1.30. The van der Waals surface area contributed by atoms with Crippen LogP contribution in [0, 0.1) is 0 Å². The molecule has 0 spiro atoms. The molecule has 1 aliphatic heterocycles. The standard InChI is InChI=1S/C20H16Cl2N2O6/c1-29-16-8-12(7-15-19(27)24(9-17(25)26)20(28)23-15)6-14(22)18(16)30-10-11-2-4-13(21)5-3-11/h2-8H,9-10H2,1H3,(H,23,28)(H,25,26)/b15-7+. The van der Waals surface area contributed by atoms with Gasteiger partial charge in [-0.15, -0.1) is 0 Å². The molecule has 1 aliphatic rings. The number of hydrogen-bond donors (Lipinski definition) is 2. The number of rotatable bonds is 7. The van der Waals surface area contributed by atoms with Crippen LogP contribution in [-0.2, 0) is 16.2 Å². The molecule has 3 rings (SSSR count). The van der Waals surface area contributed by atoms with E-state index in [1.165, 1.54) is 19.3 Å². The van der Waals surface area contributed by atoms with Crippen molar-refractivity contribution in [3.63, 3.8) is 0 Å². The van der Waals surface area contributed by atoms with E-state index in [0.717, 1.165) is 5.56 Å². The average molecular weight is 451 g/mol. The summed E-state index contributed by atoms with van der Waals surface area (Å²) >= 11 is 12.2. The van der Waals surface area contributed by atoms with Crippen LogP contribution in [-0.4, -0.2) is 41.6 Å². The highest BCUT2D eigenvalue weighted by atomic mass is 35.5. The van der Waals surface area contributed by atoms with Gasteiger partial charge in [-0.1, -0.05) is 35.3 Å². The monoisotopic (exact) mass is 450 g/mol. The van der Waals surface area contributed by atoms with E-state index in [2.05, 4.69) is 5.32 Å². The first-order valence-corrected chi connectivity index (χ1v) is 9.35. The van der Waals surface area contributed by atoms with Crippen molar-refractivity contribution in [1.29, 1.82) is 0 Å². The van der Waals surface area contributed by atoms with Crippen LogP contribution < -0.4 is 14.8 Å². The summed E-state index contributed by atoms with van der Waals surface area (Å²) in [5.74, 6) is -1.42. The third-order valence-corrected chi connectivity index (χ3v) is 4.65. The van der Waals surface area contributed by atoms with E-state index in [9.17, 15) is 14.4 Å². The summed E-state index contributed by atoms with van der Waals surface area (Å²) in [7, 11) is 1.44. The van der Waals surface area contributed by atoms with E-state index in [4.69, 9.17) is 37.8 Å². The fraction of sp³-hybridized carbons (Fsp3) is 0.150. The Balaban J connectivity index is 1.82. The summed E-state index contributed by atoms with van der Waals surface area (Å²) in [5.41, 5.74) is 1.26. The van der Waals surface area contributed by atoms with E-state index < -0.39 is 24.5 Å². The molecule has 2 aromatic rings. The van der Waals surface area contributed by atoms with Crippen LogP contribution in [0.15, 0.2) is 42.1 Å². The van der Waals surface area contributed by atoms with Gasteiger partial charge in [0.05, 0.1) is 12.1 Å². The molecule has 2 aromatic carbocycles. The van der Waals surface area contributed by atoms with Gasteiger partial charge in [0.15, 0.2) is 11.5 Å². The van der Waals surface area contributed by atoms with Gasteiger partial charge in [-0.3, -0.25) is 9.59 Å². The first kappa shape index (κ1) is 21.5. The number of amides is 3. The predicted octanol–water partition coefficient (Wildman–Crippen LogP) is 3.56. The molecule has 1 saturated heterocycles. The molecule has 10 heteroatoms. The summed E-state index contributed by atoms with van der Waals surface area (Å²) in [4.78, 5) is 35.5. The van der Waals surface area contributed by atoms with Gasteiger partial charge in [-0.25, -0.2) is 9.69 Å². The normalized spacial score (nSPS) is 14.8. The van der Waals surface area contributed by atoms with Crippen molar-refractivity contribution in [2.75, 3.05) is 13.7 Å². The number of methoxy groups -OCH3 is 1. The molecule has 0 bridgehead atoms. The van der Waals surface area contributed by atoms with Crippen molar-refractivity contribution in [3.05, 3.63) is 63.3 Å². The van der Waals surface area contributed by atoms with Crippen molar-refractivity contribution in [1.82, 2.24) is 10.2 Å². The van der Waals surface area contributed by atoms with Crippen molar-refractivity contribution in [3.8, 4) is 11.5 Å². The predicted molar refractivity (Wildman–Crippen MR) is 110 cm³/mol. The van der Waals surface area contributed by atoms with Crippen LogP contribution in [0.5, 0.6) is 11.5 Å². The lowest BCUT2D eigenvalue weighted by atomic mass is 10.1. The van der Waals surface area contributed by atoms with Gasteiger partial charge in [-0.2, -0.15) is 0 Å². The quantitative estimate of drug-likeness (QED) is 0.493. The molecular weight excluding hydrogens is 435 g/mol. The van der Waals surface area contributed by atoms with Gasteiger partial charge in [0.2, 0.25) is 0 Å². The van der Waals surface area contributed by atoms with E-state index in [1.807, 2.05) is 12.1 Å². The third kappa shape index (κ3) is 4.84. The van der Waals surface area contributed by atoms with Crippen molar-refractivity contribution >= 4 is 47.2 Å². The van der Waals surface area contributed by atoms with Gasteiger partial charge >= 0.3 is 12.0 Å². The molecule has 0 saturated carbocycles. The van der Waals surface area contributed by atoms with E-state index in [1.54, 1.807) is 18.2 Å². The second kappa shape index (κ2) is 9.06. The fourth-order valence-corrected chi connectivity index (χ4v) is 3.12. The fourth-order valence-electron chi connectivity index (χ4n) is 2.72. The summed E-state index contributed by atoms with van der Waals surface area (Å²) in [5, 5.41) is 12.0. The number of aliphatic carboxylic acids is 1. The summed E-state index contributed by atoms with van der Waals surface area (Å²) in [6.45, 7) is -0.504. The Bertz CT molecular complexity index is 1040. The second-order valence-electron chi connectivity index (χ2n) is 6.22. The lowest BCUT2D eigenvalue weighted by Crippen LogP contribution is -2.35. The second-order valence-corrected chi connectivity index (χ2v) is 7.07. The number of nitrogens with zero attached hydrogens (tertiary/aromatic N) is 1. The zero-order valence-corrected chi connectivity index (χ0v) is 17.2. The van der Waals surface area contributed by atoms with Crippen molar-refractivity contribution in [2.45, 2.75) is 6.61 Å². The highest BCUT2D eigenvalue weighted by Crippen LogP contribution is 2.37. The molecule has 0 aliphatic carbocycles. The number of carboxylic acids is 1. The third-order valence-electron chi connectivity index (χ3n) is 4.11. The number of carbonyl (C=O) groups excluding carboxylic acids is 2. The number of carbonyl (C=O) groups is 3. The molecule has 0 unspecified atom stereocenters. The molecular formula is C20H16Cl2N2O6. The maximum absolute atomic E-state index is 12.3. The van der Waals surface area contributed by atoms with Crippen LogP contribution in [0.25, 0.3) is 6.08 Å². The lowest BCUT2D eigenvalue weighted by molar-refractivity contribution is -0.140. The first-order valence-electron chi connectivity index (χ1n) is 8.59. The Morgan fingerprint density at radius 1 is 1.20 bits per heavy atom. The van der Waals surface area contributed by atoms with Gasteiger partial charge in [0.25, 0.3) is 5.91 Å². The molecule has 1 heterocycles. The topological polar surface area (TPSA) is 105 Å². The minimum absolute atomic E-state index is 0.0748. The Kier molecular flexibility index (Phi) is 6.49. The Morgan fingerprint density at radius 3 is 2.53 bits per heavy atom. The number of ether oxygens (including phenoxy) is 2. The molecule has 3 amide bonds. The highest BCUT2D eigenvalue weighted by Gasteiger charge is 2.34. The van der Waals surface area contributed by atoms with Gasteiger partial charge in [-0.05, 0) is 41.5 Å². The SMILES string of the molecule is COc1cc(/C=C2/NC(=O)N(CC(=O)O)C2=O)cc(Cl)c1OCc1ccc(Cl)cc1. The first-order chi connectivity index (χ1) is 14.3. The van der Waals surface area contributed by atoms with E-state index in [0.29, 0.717) is 27.0 Å². The van der Waals surface area contributed by atoms with Crippen LogP contribution in [0.2, 0.25) is 10.0 Å². The summed E-state index contributed by atoms with van der Waals surface area (Å²) in [6.07, 6.45) is 1.37. The van der Waals surface area contributed by atoms with Gasteiger partial charge < -0.3 is 19.9 Å². The van der Waals surface area contributed by atoms with Crippen LogP contribution >= 0.6 is 23.2 Å². The zero-order chi connectivity index (χ0) is 21.8. The zero-order valence-electron chi connectivity index (χ0n) is 15.6. The minimum Gasteiger partial charge on any atom is -0.493 e. The molecule has 2 N–H and O–H groups in total. The molecule has 8 nitrogen and oxygen atoms in total. The van der Waals surface area contributed by atoms with Gasteiger partial charge in [0, 0.05) is 5.02 Å². The summed E-state index contributed by atoms with van der Waals surface area (Å²) < 4.78 is 11.1. The highest BCUT2D eigenvalue weighted by molar-refractivity contribution is 6.32. The number of carboxylic acid groups (broad SMARTS) is 1. The summed E-state index contributed by atoms with van der Waals surface area (Å²) in [6, 6.07) is 9.43. The number of urea groups is 1. The van der Waals surface area contributed by atoms with E-state index >= 15 is 0 Å². The van der Waals surface area contributed by atoms with Crippen molar-refractivity contribution < 1.29 is 29.0 Å². The number of benzene rings is 2. The molecule has 0 aromatic heterocycles. The molecule has 0 radical (unpaired) electrons. The number of hydrogen-bond acceptors (Lipinski definition) is 5. The molecule has 156 valence electrons. The van der Waals surface area contributed by atoms with E-state index in [-0.39, 0.29) is 17.3 Å². The molecule has 1 fully saturated rings. The Labute approximate surface area is 181 Å². The van der Waals surface area contributed by atoms with Crippen LogP contribution in [0.1, 0.15) is 11.1 Å². The largest absolute Gasteiger partial charge is 0.493 e. The van der Waals surface area contributed by atoms with Crippen LogP contribution in [0.4, 0.5) is 4.79 Å². The maximum atomic E-state index is 12.3. The van der Waals surface area contributed by atoms with Crippen LogP contribution in [0.3, 0.4) is 0 Å². The molecule has 0 atom stereocenters. The Morgan fingerprint density at radius 2 is 1.90 bits per heavy atom. The van der Waals surface area contributed by atoms with Crippen molar-refractivity contribution in [2.24, 2.45) is 0 Å². The number of halogens is 2. The number of nitrogens with one attached hydrogen (secondary N) is 1. The molecule has 30 heavy (non-hydrogen) atoms. The number of imide groups is 1. The Hall–Kier alpha value is -3.23.